The number of benzene rings is 1. The van der Waals surface area contributed by atoms with E-state index in [-0.39, 0.29) is 12.1 Å². The summed E-state index contributed by atoms with van der Waals surface area (Å²) < 4.78 is 31.5. The molecule has 0 aromatic heterocycles. The molecule has 2 unspecified atom stereocenters. The molecule has 0 heterocycles. The third-order valence-corrected chi connectivity index (χ3v) is 2.73. The number of rotatable bonds is 6. The summed E-state index contributed by atoms with van der Waals surface area (Å²) in [6.07, 6.45) is 0.962. The number of hydrogen-bond acceptors (Lipinski definition) is 3. The van der Waals surface area contributed by atoms with E-state index in [1.54, 1.807) is 7.11 Å². The fraction of sp³-hybridized carbons (Fsp3) is 0.500. The second kappa shape index (κ2) is 6.64. The predicted molar refractivity (Wildman–Crippen MR) is 62.3 cm³/mol. The molecule has 3 N–H and O–H groups in total. The molecule has 0 amide bonds. The molecular weight excluding hydrogens is 226 g/mol. The smallest absolute Gasteiger partial charge is 0.126 e. The fourth-order valence-electron chi connectivity index (χ4n) is 1.67. The Morgan fingerprint density at radius 2 is 2.12 bits per heavy atom. The van der Waals surface area contributed by atoms with Crippen LogP contribution in [0.1, 0.15) is 18.9 Å². The molecule has 1 aromatic carbocycles. The van der Waals surface area contributed by atoms with Crippen LogP contribution in [-0.2, 0) is 11.2 Å². The molecule has 3 nitrogen and oxygen atoms in total. The molecule has 1 aromatic rings. The largest absolute Gasteiger partial charge is 0.382 e. The van der Waals surface area contributed by atoms with E-state index < -0.39 is 11.6 Å². The molecule has 0 saturated carbocycles. The van der Waals surface area contributed by atoms with Crippen LogP contribution in [0.2, 0.25) is 0 Å². The Bertz CT molecular complexity index is 360. The van der Waals surface area contributed by atoms with E-state index >= 15 is 0 Å². The van der Waals surface area contributed by atoms with Gasteiger partial charge in [0.15, 0.2) is 0 Å². The van der Waals surface area contributed by atoms with Gasteiger partial charge in [0.25, 0.3) is 0 Å². The topological polar surface area (TPSA) is 47.3 Å². The molecule has 0 aliphatic carbocycles. The number of methoxy groups -OCH3 is 1. The zero-order chi connectivity index (χ0) is 12.8. The highest BCUT2D eigenvalue weighted by atomic mass is 19.1. The van der Waals surface area contributed by atoms with E-state index in [9.17, 15) is 8.78 Å². The van der Waals surface area contributed by atoms with Gasteiger partial charge in [0.2, 0.25) is 0 Å². The van der Waals surface area contributed by atoms with Gasteiger partial charge in [-0.15, -0.1) is 0 Å². The minimum Gasteiger partial charge on any atom is -0.382 e. The predicted octanol–water partition coefficient (Wildman–Crippen LogP) is 1.76. The zero-order valence-corrected chi connectivity index (χ0v) is 10.0. The lowest BCUT2D eigenvalue weighted by molar-refractivity contribution is 0.100. The molecule has 5 heteroatoms. The maximum absolute atomic E-state index is 13.4. The molecule has 2 atom stereocenters. The van der Waals surface area contributed by atoms with E-state index in [1.807, 2.05) is 6.92 Å². The van der Waals surface area contributed by atoms with Gasteiger partial charge in [-0.05, 0) is 43.5 Å². The molecular formula is C12H18F2N2O. The maximum Gasteiger partial charge on any atom is 0.126 e. The van der Waals surface area contributed by atoms with Crippen LogP contribution in [0.25, 0.3) is 0 Å². The van der Waals surface area contributed by atoms with Crippen LogP contribution < -0.4 is 11.3 Å². The summed E-state index contributed by atoms with van der Waals surface area (Å²) in [5.74, 6) is 4.52. The molecule has 0 aliphatic rings. The standard InChI is InChI=1S/C12H18F2N2O/c1-8(17-2)5-11(16-15)7-9-6-10(13)3-4-12(9)14/h3-4,6,8,11,16H,5,7,15H2,1-2H3. The van der Waals surface area contributed by atoms with Crippen molar-refractivity contribution in [1.82, 2.24) is 5.43 Å². The van der Waals surface area contributed by atoms with Gasteiger partial charge >= 0.3 is 0 Å². The van der Waals surface area contributed by atoms with Gasteiger partial charge in [0.1, 0.15) is 11.6 Å². The van der Waals surface area contributed by atoms with Crippen molar-refractivity contribution in [2.75, 3.05) is 7.11 Å². The normalized spacial score (nSPS) is 14.6. The van der Waals surface area contributed by atoms with Crippen LogP contribution in [0.5, 0.6) is 0 Å². The first kappa shape index (κ1) is 14.0. The summed E-state index contributed by atoms with van der Waals surface area (Å²) in [5, 5.41) is 0. The average molecular weight is 244 g/mol. The van der Waals surface area contributed by atoms with Crippen molar-refractivity contribution in [3.05, 3.63) is 35.4 Å². The van der Waals surface area contributed by atoms with Crippen LogP contribution in [0, 0.1) is 11.6 Å². The van der Waals surface area contributed by atoms with E-state index in [2.05, 4.69) is 5.43 Å². The number of hydrazine groups is 1. The molecule has 1 rings (SSSR count). The Hall–Kier alpha value is -1.04. The van der Waals surface area contributed by atoms with E-state index in [1.165, 1.54) is 6.07 Å². The van der Waals surface area contributed by atoms with Gasteiger partial charge < -0.3 is 4.74 Å². The van der Waals surface area contributed by atoms with Crippen LogP contribution >= 0.6 is 0 Å². The molecule has 0 bridgehead atoms. The highest BCUT2D eigenvalue weighted by Gasteiger charge is 2.14. The minimum absolute atomic E-state index is 0.00710. The number of halogens is 2. The summed E-state index contributed by atoms with van der Waals surface area (Å²) >= 11 is 0. The Kier molecular flexibility index (Phi) is 5.47. The number of nitrogens with one attached hydrogen (secondary N) is 1. The molecule has 0 spiro atoms. The number of hydrogen-bond donors (Lipinski definition) is 2. The van der Waals surface area contributed by atoms with Gasteiger partial charge in [-0.3, -0.25) is 11.3 Å². The van der Waals surface area contributed by atoms with Crippen molar-refractivity contribution < 1.29 is 13.5 Å². The first-order valence-electron chi connectivity index (χ1n) is 5.49. The number of nitrogens with two attached hydrogens (primary N) is 1. The van der Waals surface area contributed by atoms with Crippen molar-refractivity contribution in [2.45, 2.75) is 31.9 Å². The summed E-state index contributed by atoms with van der Waals surface area (Å²) in [6, 6.07) is 3.26. The van der Waals surface area contributed by atoms with Gasteiger partial charge in [0.05, 0.1) is 6.10 Å². The van der Waals surface area contributed by atoms with Gasteiger partial charge in [-0.1, -0.05) is 0 Å². The average Bonchev–Trinajstić information content (AvgIpc) is 2.32. The van der Waals surface area contributed by atoms with Crippen molar-refractivity contribution >= 4 is 0 Å². The Balaban J connectivity index is 2.69. The number of ether oxygens (including phenoxy) is 1. The summed E-state index contributed by atoms with van der Waals surface area (Å²) in [6.45, 7) is 1.90. The molecule has 0 radical (unpaired) electrons. The Morgan fingerprint density at radius 3 is 2.71 bits per heavy atom. The Morgan fingerprint density at radius 1 is 1.41 bits per heavy atom. The second-order valence-electron chi connectivity index (χ2n) is 4.09. The van der Waals surface area contributed by atoms with Gasteiger partial charge in [-0.25, -0.2) is 8.78 Å². The minimum atomic E-state index is -0.447. The zero-order valence-electron chi connectivity index (χ0n) is 10.0. The lowest BCUT2D eigenvalue weighted by atomic mass is 10.0. The monoisotopic (exact) mass is 244 g/mol. The van der Waals surface area contributed by atoms with Crippen LogP contribution in [-0.4, -0.2) is 19.3 Å². The van der Waals surface area contributed by atoms with Crippen molar-refractivity contribution in [1.29, 1.82) is 0 Å². The first-order valence-corrected chi connectivity index (χ1v) is 5.49. The maximum atomic E-state index is 13.4. The highest BCUT2D eigenvalue weighted by molar-refractivity contribution is 5.19. The molecule has 96 valence electrons. The molecule has 17 heavy (non-hydrogen) atoms. The van der Waals surface area contributed by atoms with Crippen molar-refractivity contribution in [3.63, 3.8) is 0 Å². The van der Waals surface area contributed by atoms with Crippen molar-refractivity contribution in [3.8, 4) is 0 Å². The lowest BCUT2D eigenvalue weighted by Gasteiger charge is -2.19. The SMILES string of the molecule is COC(C)CC(Cc1cc(F)ccc1F)NN. The van der Waals surface area contributed by atoms with Crippen LogP contribution in [0.15, 0.2) is 18.2 Å². The van der Waals surface area contributed by atoms with E-state index in [4.69, 9.17) is 10.6 Å². The Labute approximate surface area is 99.9 Å². The highest BCUT2D eigenvalue weighted by Crippen LogP contribution is 2.14. The summed E-state index contributed by atoms with van der Waals surface area (Å²) in [4.78, 5) is 0. The van der Waals surface area contributed by atoms with Gasteiger partial charge in [0, 0.05) is 13.2 Å². The van der Waals surface area contributed by atoms with Crippen LogP contribution in [0.3, 0.4) is 0 Å². The van der Waals surface area contributed by atoms with Crippen LogP contribution in [0.4, 0.5) is 8.78 Å². The summed E-state index contributed by atoms with van der Waals surface area (Å²) in [7, 11) is 1.60. The fourth-order valence-corrected chi connectivity index (χ4v) is 1.67. The molecule has 0 fully saturated rings. The molecule has 0 aliphatic heterocycles. The van der Waals surface area contributed by atoms with E-state index in [0.717, 1.165) is 12.1 Å². The van der Waals surface area contributed by atoms with E-state index in [0.29, 0.717) is 18.4 Å². The van der Waals surface area contributed by atoms with Crippen molar-refractivity contribution in [2.24, 2.45) is 5.84 Å². The lowest BCUT2D eigenvalue weighted by Crippen LogP contribution is -2.39. The quantitative estimate of drug-likeness (QED) is 0.592. The second-order valence-corrected chi connectivity index (χ2v) is 4.09. The third kappa shape index (κ3) is 4.38. The van der Waals surface area contributed by atoms with Gasteiger partial charge in [-0.2, -0.15) is 0 Å². The first-order chi connectivity index (χ1) is 8.06. The molecule has 0 saturated heterocycles. The third-order valence-electron chi connectivity index (χ3n) is 2.73. The summed E-state index contributed by atoms with van der Waals surface area (Å²) in [5.41, 5.74) is 2.91.